The van der Waals surface area contributed by atoms with Crippen molar-refractivity contribution in [2.75, 3.05) is 0 Å². The Balaban J connectivity index is 2.56. The average Bonchev–Trinajstić information content (AvgIpc) is 2.59. The van der Waals surface area contributed by atoms with E-state index in [1.54, 1.807) is 11.6 Å². The third kappa shape index (κ3) is 2.17. The zero-order valence-electron chi connectivity index (χ0n) is 9.15. The Morgan fingerprint density at radius 1 is 1.17 bits per heavy atom. The maximum Gasteiger partial charge on any atom is 0.511 e. The molecule has 0 bridgehead atoms. The van der Waals surface area contributed by atoms with Crippen molar-refractivity contribution in [2.45, 2.75) is 0 Å². The van der Waals surface area contributed by atoms with Crippen LogP contribution in [0.25, 0.3) is 11.0 Å². The summed E-state index contributed by atoms with van der Waals surface area (Å²) in [6.07, 6.45) is -1.63. The first-order valence-electron chi connectivity index (χ1n) is 4.74. The van der Waals surface area contributed by atoms with Crippen molar-refractivity contribution in [2.24, 2.45) is 7.05 Å². The predicted octanol–water partition coefficient (Wildman–Crippen LogP) is 1.69. The van der Waals surface area contributed by atoms with Gasteiger partial charge in [-0.3, -0.25) is 0 Å². The summed E-state index contributed by atoms with van der Waals surface area (Å²) in [5.41, 5.74) is 1.05. The lowest BCUT2D eigenvalue weighted by Gasteiger charge is -2.07. The van der Waals surface area contributed by atoms with Crippen molar-refractivity contribution in [3.63, 3.8) is 0 Å². The van der Waals surface area contributed by atoms with E-state index in [9.17, 15) is 9.59 Å². The van der Waals surface area contributed by atoms with Crippen LogP contribution in [0.5, 0.6) is 11.5 Å². The number of benzene rings is 1. The van der Waals surface area contributed by atoms with E-state index in [1.807, 2.05) is 0 Å². The molecule has 0 atom stereocenters. The van der Waals surface area contributed by atoms with Crippen LogP contribution in [-0.4, -0.2) is 32.1 Å². The Morgan fingerprint density at radius 2 is 1.72 bits per heavy atom. The number of rotatable bonds is 2. The Hall–Kier alpha value is -2.77. The van der Waals surface area contributed by atoms with Gasteiger partial charge in [-0.1, -0.05) is 0 Å². The number of hydrogen-bond acceptors (Lipinski definition) is 5. The van der Waals surface area contributed by atoms with Crippen molar-refractivity contribution in [3.05, 3.63) is 18.5 Å². The quantitative estimate of drug-likeness (QED) is 0.617. The first kappa shape index (κ1) is 11.7. The van der Waals surface area contributed by atoms with Gasteiger partial charge in [0.2, 0.25) is 0 Å². The average molecular weight is 252 g/mol. The van der Waals surface area contributed by atoms with E-state index in [2.05, 4.69) is 14.5 Å². The summed E-state index contributed by atoms with van der Waals surface area (Å²) in [7, 11) is 1.71. The molecule has 0 aliphatic carbocycles. The van der Waals surface area contributed by atoms with E-state index in [4.69, 9.17) is 10.2 Å². The molecule has 18 heavy (non-hydrogen) atoms. The first-order chi connectivity index (χ1) is 8.47. The molecule has 0 spiro atoms. The fourth-order valence-corrected chi connectivity index (χ4v) is 1.48. The second-order valence-electron chi connectivity index (χ2n) is 3.38. The van der Waals surface area contributed by atoms with Crippen LogP contribution in [0.2, 0.25) is 0 Å². The zero-order chi connectivity index (χ0) is 13.3. The number of ether oxygens (including phenoxy) is 2. The summed E-state index contributed by atoms with van der Waals surface area (Å²) >= 11 is 0. The number of aromatic nitrogens is 2. The predicted molar refractivity (Wildman–Crippen MR) is 58.0 cm³/mol. The molecule has 0 aliphatic rings. The zero-order valence-corrected chi connectivity index (χ0v) is 9.15. The molecule has 2 N–H and O–H groups in total. The Labute approximate surface area is 100.0 Å². The van der Waals surface area contributed by atoms with Crippen LogP contribution in [-0.2, 0) is 7.05 Å². The van der Waals surface area contributed by atoms with Crippen LogP contribution in [0.15, 0.2) is 18.5 Å². The van der Waals surface area contributed by atoms with Crippen molar-refractivity contribution in [1.29, 1.82) is 0 Å². The molecular formula is C10H8N2O6. The SMILES string of the molecule is Cn1cnc2cc(OC(=O)O)c(OC(=O)O)cc21. The molecule has 1 heterocycles. The van der Waals surface area contributed by atoms with Gasteiger partial charge in [-0.25, -0.2) is 14.6 Å². The van der Waals surface area contributed by atoms with Crippen molar-refractivity contribution < 1.29 is 29.3 Å². The van der Waals surface area contributed by atoms with Gasteiger partial charge in [0.1, 0.15) is 0 Å². The molecule has 0 fully saturated rings. The minimum absolute atomic E-state index is 0.207. The van der Waals surface area contributed by atoms with Crippen molar-refractivity contribution in [3.8, 4) is 11.5 Å². The molecule has 2 aromatic rings. The summed E-state index contributed by atoms with van der Waals surface area (Å²) in [6, 6.07) is 2.64. The topological polar surface area (TPSA) is 111 Å². The number of carbonyl (C=O) groups is 2. The molecule has 1 aromatic heterocycles. The van der Waals surface area contributed by atoms with Crippen LogP contribution < -0.4 is 9.47 Å². The molecule has 2 rings (SSSR count). The van der Waals surface area contributed by atoms with Gasteiger partial charge in [-0.05, 0) is 0 Å². The lowest BCUT2D eigenvalue weighted by atomic mass is 10.2. The van der Waals surface area contributed by atoms with Crippen LogP contribution >= 0.6 is 0 Å². The Kier molecular flexibility index (Phi) is 2.76. The van der Waals surface area contributed by atoms with Gasteiger partial charge >= 0.3 is 12.3 Å². The first-order valence-corrected chi connectivity index (χ1v) is 4.74. The smallest absolute Gasteiger partial charge is 0.449 e. The highest BCUT2D eigenvalue weighted by molar-refractivity contribution is 5.82. The van der Waals surface area contributed by atoms with Gasteiger partial charge in [-0.15, -0.1) is 0 Å². The highest BCUT2D eigenvalue weighted by atomic mass is 16.7. The van der Waals surface area contributed by atoms with Gasteiger partial charge in [0.15, 0.2) is 11.5 Å². The number of imidazole rings is 1. The number of carboxylic acid groups (broad SMARTS) is 2. The fraction of sp³-hybridized carbons (Fsp3) is 0.100. The lowest BCUT2D eigenvalue weighted by molar-refractivity contribution is 0.133. The number of aryl methyl sites for hydroxylation is 1. The van der Waals surface area contributed by atoms with Gasteiger partial charge < -0.3 is 24.3 Å². The minimum Gasteiger partial charge on any atom is -0.449 e. The van der Waals surface area contributed by atoms with Crippen molar-refractivity contribution in [1.82, 2.24) is 9.55 Å². The highest BCUT2D eigenvalue weighted by Crippen LogP contribution is 2.32. The van der Waals surface area contributed by atoms with E-state index in [0.29, 0.717) is 11.0 Å². The monoisotopic (exact) mass is 252 g/mol. The van der Waals surface area contributed by atoms with Crippen LogP contribution in [0.3, 0.4) is 0 Å². The normalized spacial score (nSPS) is 10.3. The number of fused-ring (bicyclic) bond motifs is 1. The summed E-state index contributed by atoms with van der Waals surface area (Å²) in [4.78, 5) is 25.0. The number of hydrogen-bond donors (Lipinski definition) is 2. The Bertz CT molecular complexity index is 633. The third-order valence-electron chi connectivity index (χ3n) is 2.19. The van der Waals surface area contributed by atoms with Gasteiger partial charge in [0.25, 0.3) is 0 Å². The number of nitrogens with zero attached hydrogens (tertiary/aromatic N) is 2. The second kappa shape index (κ2) is 4.24. The molecule has 1 aromatic carbocycles. The molecule has 0 amide bonds. The largest absolute Gasteiger partial charge is 0.511 e. The standard InChI is InChI=1S/C10H8N2O6/c1-12-4-11-5-2-7(17-9(13)14)8(3-6(5)12)18-10(15)16/h2-4H,1H3,(H,13,14)(H,15,16). The molecule has 8 nitrogen and oxygen atoms in total. The Morgan fingerprint density at radius 3 is 2.28 bits per heavy atom. The minimum atomic E-state index is -1.57. The summed E-state index contributed by atoms with van der Waals surface area (Å²) < 4.78 is 10.5. The molecule has 0 unspecified atom stereocenters. The third-order valence-corrected chi connectivity index (χ3v) is 2.19. The van der Waals surface area contributed by atoms with Gasteiger partial charge in [-0.2, -0.15) is 0 Å². The van der Waals surface area contributed by atoms with E-state index >= 15 is 0 Å². The fourth-order valence-electron chi connectivity index (χ4n) is 1.48. The summed E-state index contributed by atoms with van der Waals surface area (Å²) in [6.45, 7) is 0. The lowest BCUT2D eigenvalue weighted by Crippen LogP contribution is -2.08. The molecule has 94 valence electrons. The van der Waals surface area contributed by atoms with Crippen LogP contribution in [0, 0.1) is 0 Å². The van der Waals surface area contributed by atoms with Crippen LogP contribution in [0.4, 0.5) is 9.59 Å². The van der Waals surface area contributed by atoms with E-state index in [0.717, 1.165) is 0 Å². The van der Waals surface area contributed by atoms with Crippen molar-refractivity contribution >= 4 is 23.3 Å². The summed E-state index contributed by atoms with van der Waals surface area (Å²) in [5, 5.41) is 17.1. The van der Waals surface area contributed by atoms with Crippen LogP contribution in [0.1, 0.15) is 0 Å². The molecule has 0 saturated carbocycles. The second-order valence-corrected chi connectivity index (χ2v) is 3.38. The molecule has 0 saturated heterocycles. The van der Waals surface area contributed by atoms with E-state index in [-0.39, 0.29) is 11.5 Å². The maximum atomic E-state index is 10.5. The van der Waals surface area contributed by atoms with E-state index in [1.165, 1.54) is 18.5 Å². The summed E-state index contributed by atoms with van der Waals surface area (Å²) in [5.74, 6) is -0.433. The van der Waals surface area contributed by atoms with Gasteiger partial charge in [0, 0.05) is 19.2 Å². The molecule has 8 heteroatoms. The van der Waals surface area contributed by atoms with Gasteiger partial charge in [0.05, 0.1) is 17.4 Å². The van der Waals surface area contributed by atoms with E-state index < -0.39 is 12.3 Å². The molecule has 0 aliphatic heterocycles. The maximum absolute atomic E-state index is 10.5. The molecule has 0 radical (unpaired) electrons. The molecular weight excluding hydrogens is 244 g/mol. The highest BCUT2D eigenvalue weighted by Gasteiger charge is 2.15.